The second kappa shape index (κ2) is 6.75. The van der Waals surface area contributed by atoms with Crippen LogP contribution in [0.3, 0.4) is 0 Å². The van der Waals surface area contributed by atoms with Gasteiger partial charge < -0.3 is 9.64 Å². The molecule has 2 aliphatic rings. The minimum atomic E-state index is -0.714. The molecule has 3 heterocycles. The van der Waals surface area contributed by atoms with Gasteiger partial charge in [-0.05, 0) is 24.8 Å². The summed E-state index contributed by atoms with van der Waals surface area (Å²) in [5, 5.41) is 0.419. The molecule has 0 saturated carbocycles. The Kier molecular flexibility index (Phi) is 4.74. The van der Waals surface area contributed by atoms with Crippen LogP contribution in [-0.4, -0.2) is 36.2 Å². The number of pyridine rings is 1. The van der Waals surface area contributed by atoms with Gasteiger partial charge in [-0.3, -0.25) is 0 Å². The van der Waals surface area contributed by atoms with Crippen LogP contribution in [0.25, 0.3) is 5.70 Å². The van der Waals surface area contributed by atoms with E-state index in [1.54, 1.807) is 6.08 Å². The summed E-state index contributed by atoms with van der Waals surface area (Å²) in [6.07, 6.45) is 6.50. The lowest BCUT2D eigenvalue weighted by atomic mass is 9.98. The molecule has 3 nitrogen and oxygen atoms in total. The zero-order valence-corrected chi connectivity index (χ0v) is 12.8. The highest BCUT2D eigenvalue weighted by molar-refractivity contribution is 6.34. The molecular weight excluding hydrogens is 310 g/mol. The summed E-state index contributed by atoms with van der Waals surface area (Å²) in [4.78, 5) is 5.35. The van der Waals surface area contributed by atoms with Gasteiger partial charge in [0, 0.05) is 37.9 Å². The van der Waals surface area contributed by atoms with Crippen molar-refractivity contribution in [2.45, 2.75) is 12.8 Å². The standard InChI is InChI=1S/C16H17ClF2N2O/c17-13-2-1-5-21(10-11-3-6-22-7-4-11)16(13)12-8-15(19)20-9-14(12)18/h1-2,8-9,11H,3-7,10H2. The molecule has 2 aliphatic heterocycles. The van der Waals surface area contributed by atoms with E-state index in [1.165, 1.54) is 0 Å². The first-order valence-corrected chi connectivity index (χ1v) is 7.73. The Morgan fingerprint density at radius 1 is 1.32 bits per heavy atom. The van der Waals surface area contributed by atoms with Gasteiger partial charge in [-0.15, -0.1) is 0 Å². The number of allylic oxidation sites excluding steroid dienone is 2. The van der Waals surface area contributed by atoms with Gasteiger partial charge in [0.25, 0.3) is 0 Å². The first kappa shape index (κ1) is 15.4. The number of hydrogen-bond donors (Lipinski definition) is 0. The van der Waals surface area contributed by atoms with E-state index in [1.807, 2.05) is 11.0 Å². The molecule has 0 aromatic carbocycles. The zero-order valence-electron chi connectivity index (χ0n) is 12.1. The third kappa shape index (κ3) is 3.31. The van der Waals surface area contributed by atoms with Gasteiger partial charge in [0.2, 0.25) is 5.95 Å². The fourth-order valence-corrected chi connectivity index (χ4v) is 3.22. The van der Waals surface area contributed by atoms with Gasteiger partial charge in [-0.2, -0.15) is 4.39 Å². The number of halogens is 3. The molecule has 3 rings (SSSR count). The van der Waals surface area contributed by atoms with Crippen LogP contribution >= 0.6 is 11.6 Å². The predicted molar refractivity (Wildman–Crippen MR) is 81.2 cm³/mol. The Morgan fingerprint density at radius 2 is 2.09 bits per heavy atom. The van der Waals surface area contributed by atoms with E-state index in [4.69, 9.17) is 16.3 Å². The number of ether oxygens (including phenoxy) is 1. The predicted octanol–water partition coefficient (Wildman–Crippen LogP) is 3.57. The Bertz CT molecular complexity index is 612. The summed E-state index contributed by atoms with van der Waals surface area (Å²) >= 11 is 6.27. The Morgan fingerprint density at radius 3 is 2.86 bits per heavy atom. The van der Waals surface area contributed by atoms with Gasteiger partial charge in [0.05, 0.1) is 16.9 Å². The molecule has 118 valence electrons. The van der Waals surface area contributed by atoms with Gasteiger partial charge in [0.1, 0.15) is 0 Å². The Labute approximate surface area is 133 Å². The van der Waals surface area contributed by atoms with Crippen LogP contribution in [0.2, 0.25) is 0 Å². The minimum Gasteiger partial charge on any atom is -0.381 e. The van der Waals surface area contributed by atoms with Crippen molar-refractivity contribution in [3.63, 3.8) is 0 Å². The van der Waals surface area contributed by atoms with Crippen molar-refractivity contribution in [1.29, 1.82) is 0 Å². The Balaban J connectivity index is 1.89. The van der Waals surface area contributed by atoms with Crippen LogP contribution in [0.5, 0.6) is 0 Å². The largest absolute Gasteiger partial charge is 0.381 e. The van der Waals surface area contributed by atoms with Crippen LogP contribution in [-0.2, 0) is 4.74 Å². The third-order valence-corrected chi connectivity index (χ3v) is 4.33. The van der Waals surface area contributed by atoms with Crippen LogP contribution in [0, 0.1) is 17.7 Å². The molecule has 0 spiro atoms. The van der Waals surface area contributed by atoms with Crippen molar-refractivity contribution in [1.82, 2.24) is 9.88 Å². The highest BCUT2D eigenvalue weighted by Gasteiger charge is 2.25. The van der Waals surface area contributed by atoms with Gasteiger partial charge in [-0.25, -0.2) is 9.37 Å². The van der Waals surface area contributed by atoms with E-state index < -0.39 is 11.8 Å². The lowest BCUT2D eigenvalue weighted by Gasteiger charge is -2.34. The van der Waals surface area contributed by atoms with Gasteiger partial charge >= 0.3 is 0 Å². The van der Waals surface area contributed by atoms with E-state index >= 15 is 0 Å². The summed E-state index contributed by atoms with van der Waals surface area (Å²) in [5.41, 5.74) is 0.698. The molecule has 0 unspecified atom stereocenters. The second-order valence-electron chi connectivity index (χ2n) is 5.55. The number of aromatic nitrogens is 1. The Hall–Kier alpha value is -1.46. The van der Waals surface area contributed by atoms with Crippen LogP contribution < -0.4 is 0 Å². The van der Waals surface area contributed by atoms with E-state index in [0.29, 0.717) is 23.2 Å². The van der Waals surface area contributed by atoms with Crippen molar-refractivity contribution < 1.29 is 13.5 Å². The molecule has 0 amide bonds. The molecule has 0 bridgehead atoms. The molecule has 0 N–H and O–H groups in total. The van der Waals surface area contributed by atoms with E-state index in [-0.39, 0.29) is 5.56 Å². The fraction of sp³-hybridized carbons (Fsp3) is 0.438. The maximum Gasteiger partial charge on any atom is 0.213 e. The summed E-state index contributed by atoms with van der Waals surface area (Å²) in [5.74, 6) is -0.815. The molecule has 0 atom stereocenters. The van der Waals surface area contributed by atoms with Crippen molar-refractivity contribution in [2.24, 2.45) is 5.92 Å². The average Bonchev–Trinajstić information content (AvgIpc) is 2.51. The van der Waals surface area contributed by atoms with Crippen molar-refractivity contribution in [3.8, 4) is 0 Å². The van der Waals surface area contributed by atoms with E-state index in [0.717, 1.165) is 44.9 Å². The maximum atomic E-state index is 14.1. The lowest BCUT2D eigenvalue weighted by molar-refractivity contribution is 0.0595. The highest BCUT2D eigenvalue weighted by atomic mass is 35.5. The monoisotopic (exact) mass is 326 g/mol. The van der Waals surface area contributed by atoms with Crippen LogP contribution in [0.1, 0.15) is 18.4 Å². The normalized spacial score (nSPS) is 19.9. The first-order valence-electron chi connectivity index (χ1n) is 7.35. The third-order valence-electron chi connectivity index (χ3n) is 4.03. The van der Waals surface area contributed by atoms with Crippen LogP contribution in [0.15, 0.2) is 29.4 Å². The molecular formula is C16H17ClF2N2O. The average molecular weight is 327 g/mol. The fourth-order valence-electron chi connectivity index (χ4n) is 2.90. The van der Waals surface area contributed by atoms with Crippen LogP contribution in [0.4, 0.5) is 8.78 Å². The molecule has 1 aromatic heterocycles. The number of nitrogens with zero attached hydrogens (tertiary/aromatic N) is 2. The quantitative estimate of drug-likeness (QED) is 0.794. The molecule has 0 aliphatic carbocycles. The molecule has 6 heteroatoms. The summed E-state index contributed by atoms with van der Waals surface area (Å²) < 4.78 is 32.9. The molecule has 22 heavy (non-hydrogen) atoms. The molecule has 1 saturated heterocycles. The maximum absolute atomic E-state index is 14.1. The number of rotatable bonds is 3. The first-order chi connectivity index (χ1) is 10.6. The van der Waals surface area contributed by atoms with E-state index in [2.05, 4.69) is 4.98 Å². The summed E-state index contributed by atoms with van der Waals surface area (Å²) in [6, 6.07) is 1.10. The van der Waals surface area contributed by atoms with Crippen molar-refractivity contribution in [3.05, 3.63) is 46.8 Å². The van der Waals surface area contributed by atoms with Gasteiger partial charge in [0.15, 0.2) is 5.82 Å². The summed E-state index contributed by atoms with van der Waals surface area (Å²) in [7, 11) is 0. The topological polar surface area (TPSA) is 25.4 Å². The second-order valence-corrected chi connectivity index (χ2v) is 5.95. The SMILES string of the molecule is Fc1cc(C2=C(Cl)C=CCN2CC2CCOCC2)c(F)cn1. The smallest absolute Gasteiger partial charge is 0.213 e. The van der Waals surface area contributed by atoms with Crippen molar-refractivity contribution >= 4 is 17.3 Å². The van der Waals surface area contributed by atoms with Gasteiger partial charge in [-0.1, -0.05) is 17.7 Å². The highest BCUT2D eigenvalue weighted by Crippen LogP contribution is 2.32. The lowest BCUT2D eigenvalue weighted by Crippen LogP contribution is -2.33. The van der Waals surface area contributed by atoms with Crippen molar-refractivity contribution in [2.75, 3.05) is 26.3 Å². The zero-order chi connectivity index (χ0) is 15.5. The summed E-state index contributed by atoms with van der Waals surface area (Å²) in [6.45, 7) is 2.88. The number of hydrogen-bond acceptors (Lipinski definition) is 3. The molecule has 0 radical (unpaired) electrons. The molecule has 1 fully saturated rings. The van der Waals surface area contributed by atoms with E-state index in [9.17, 15) is 8.78 Å². The minimum absolute atomic E-state index is 0.161. The molecule has 1 aromatic rings.